The van der Waals surface area contributed by atoms with Gasteiger partial charge in [-0.05, 0) is 19.3 Å². The van der Waals surface area contributed by atoms with Crippen molar-refractivity contribution >= 4 is 18.6 Å². The maximum absolute atomic E-state index is 11.2. The van der Waals surface area contributed by atoms with Crippen LogP contribution in [0.3, 0.4) is 0 Å². The van der Waals surface area contributed by atoms with Gasteiger partial charge in [0.05, 0.1) is 5.92 Å². The van der Waals surface area contributed by atoms with E-state index in [9.17, 15) is 9.90 Å². The lowest BCUT2D eigenvalue weighted by molar-refractivity contribution is -0.142. The molecule has 0 aliphatic rings. The Morgan fingerprint density at radius 3 is 2.00 bits per heavy atom. The molecule has 114 valence electrons. The van der Waals surface area contributed by atoms with Crippen molar-refractivity contribution in [2.24, 2.45) is 5.92 Å². The normalized spacial score (nSPS) is 14.3. The summed E-state index contributed by atoms with van der Waals surface area (Å²) in [6.07, 6.45) is 12.6. The van der Waals surface area contributed by atoms with Crippen LogP contribution in [0.1, 0.15) is 84.5 Å². The molecular formula is C16H32O2S. The molecule has 0 saturated carbocycles. The zero-order chi connectivity index (χ0) is 14.5. The second-order valence-corrected chi connectivity index (χ2v) is 6.33. The van der Waals surface area contributed by atoms with Crippen molar-refractivity contribution < 1.29 is 9.90 Å². The Balaban J connectivity index is 3.56. The zero-order valence-corrected chi connectivity index (χ0v) is 13.6. The molecular weight excluding hydrogens is 256 g/mol. The number of hydrogen-bond donors (Lipinski definition) is 2. The zero-order valence-electron chi connectivity index (χ0n) is 12.7. The molecule has 0 saturated heterocycles. The van der Waals surface area contributed by atoms with E-state index in [2.05, 4.69) is 26.5 Å². The molecule has 0 aliphatic carbocycles. The van der Waals surface area contributed by atoms with Gasteiger partial charge in [-0.2, -0.15) is 12.6 Å². The third kappa shape index (κ3) is 11.4. The van der Waals surface area contributed by atoms with Crippen LogP contribution in [-0.4, -0.2) is 16.3 Å². The van der Waals surface area contributed by atoms with Crippen molar-refractivity contribution in [2.75, 3.05) is 0 Å². The molecule has 0 aromatic rings. The summed E-state index contributed by atoms with van der Waals surface area (Å²) < 4.78 is 0. The number of hydrogen-bond acceptors (Lipinski definition) is 2. The molecule has 0 aromatic carbocycles. The van der Waals surface area contributed by atoms with Crippen molar-refractivity contribution in [1.82, 2.24) is 0 Å². The fourth-order valence-electron chi connectivity index (χ4n) is 2.36. The molecule has 0 radical (unpaired) electrons. The fraction of sp³-hybridized carbons (Fsp3) is 0.938. The van der Waals surface area contributed by atoms with E-state index >= 15 is 0 Å². The van der Waals surface area contributed by atoms with Gasteiger partial charge in [-0.1, -0.05) is 65.2 Å². The molecule has 1 N–H and O–H groups in total. The summed E-state index contributed by atoms with van der Waals surface area (Å²) in [5, 5.41) is 9.42. The Morgan fingerprint density at radius 1 is 1.00 bits per heavy atom. The van der Waals surface area contributed by atoms with Crippen LogP contribution >= 0.6 is 12.6 Å². The summed E-state index contributed by atoms with van der Waals surface area (Å²) >= 11 is 4.41. The van der Waals surface area contributed by atoms with Gasteiger partial charge < -0.3 is 5.11 Å². The number of rotatable bonds is 13. The van der Waals surface area contributed by atoms with Crippen molar-refractivity contribution in [3.8, 4) is 0 Å². The number of thiol groups is 1. The first-order valence-corrected chi connectivity index (χ1v) is 8.54. The van der Waals surface area contributed by atoms with E-state index in [0.717, 1.165) is 19.3 Å². The van der Waals surface area contributed by atoms with Crippen molar-refractivity contribution in [1.29, 1.82) is 0 Å². The van der Waals surface area contributed by atoms with Gasteiger partial charge in [0.1, 0.15) is 0 Å². The predicted octanol–water partition coefficient (Wildman–Crippen LogP) is 5.32. The average Bonchev–Trinajstić information content (AvgIpc) is 2.39. The summed E-state index contributed by atoms with van der Waals surface area (Å²) in [5.41, 5.74) is 0. The van der Waals surface area contributed by atoms with Crippen LogP contribution in [0.5, 0.6) is 0 Å². The van der Waals surface area contributed by atoms with Crippen molar-refractivity contribution in [2.45, 2.75) is 89.7 Å². The highest BCUT2D eigenvalue weighted by Gasteiger charge is 2.19. The van der Waals surface area contributed by atoms with Crippen molar-refractivity contribution in [3.05, 3.63) is 0 Å². The summed E-state index contributed by atoms with van der Waals surface area (Å²) in [5.74, 6) is -0.835. The Labute approximate surface area is 124 Å². The molecule has 0 spiro atoms. The van der Waals surface area contributed by atoms with Gasteiger partial charge >= 0.3 is 5.97 Å². The number of carbonyl (C=O) groups is 1. The molecule has 0 aliphatic heterocycles. The quantitative estimate of drug-likeness (QED) is 0.356. The van der Waals surface area contributed by atoms with E-state index in [1.807, 2.05) is 0 Å². The second kappa shape index (κ2) is 12.8. The number of carboxylic acid groups (broad SMARTS) is 1. The van der Waals surface area contributed by atoms with Gasteiger partial charge in [0, 0.05) is 5.25 Å². The average molecular weight is 288 g/mol. The van der Waals surface area contributed by atoms with Crippen LogP contribution in [0.4, 0.5) is 0 Å². The molecule has 2 unspecified atom stereocenters. The molecule has 2 nitrogen and oxygen atoms in total. The lowest BCUT2D eigenvalue weighted by atomic mass is 9.95. The van der Waals surface area contributed by atoms with Gasteiger partial charge in [0.25, 0.3) is 0 Å². The summed E-state index contributed by atoms with van der Waals surface area (Å²) in [6.45, 7) is 4.30. The first-order chi connectivity index (χ1) is 9.11. The topological polar surface area (TPSA) is 37.3 Å². The Morgan fingerprint density at radius 2 is 1.53 bits per heavy atom. The van der Waals surface area contributed by atoms with Gasteiger partial charge in [-0.25, -0.2) is 0 Å². The van der Waals surface area contributed by atoms with Gasteiger partial charge in [-0.15, -0.1) is 0 Å². The Bertz CT molecular complexity index is 219. The maximum atomic E-state index is 11.2. The van der Waals surface area contributed by atoms with Crippen LogP contribution in [0, 0.1) is 5.92 Å². The van der Waals surface area contributed by atoms with Crippen LogP contribution < -0.4 is 0 Å². The fourth-order valence-corrected chi connectivity index (χ4v) is 2.62. The molecule has 0 aromatic heterocycles. The molecule has 2 atom stereocenters. The first kappa shape index (κ1) is 18.8. The van der Waals surface area contributed by atoms with E-state index in [-0.39, 0.29) is 11.2 Å². The molecule has 3 heteroatoms. The Kier molecular flexibility index (Phi) is 12.7. The SMILES string of the molecule is CCCCCCCCCCC(CC(S)CC)C(=O)O. The Hall–Kier alpha value is -0.180. The van der Waals surface area contributed by atoms with E-state index in [1.54, 1.807) is 0 Å². The van der Waals surface area contributed by atoms with Crippen LogP contribution in [0.2, 0.25) is 0 Å². The molecule has 0 rings (SSSR count). The van der Waals surface area contributed by atoms with Crippen molar-refractivity contribution in [3.63, 3.8) is 0 Å². The van der Waals surface area contributed by atoms with Crippen LogP contribution in [-0.2, 0) is 4.79 Å². The van der Waals surface area contributed by atoms with Gasteiger partial charge in [0.2, 0.25) is 0 Å². The standard InChI is InChI=1S/C16H32O2S/c1-3-5-6-7-8-9-10-11-12-14(16(17)18)13-15(19)4-2/h14-15,19H,3-13H2,1-2H3,(H,17,18). The minimum absolute atomic E-state index is 0.192. The largest absolute Gasteiger partial charge is 0.481 e. The van der Waals surface area contributed by atoms with Gasteiger partial charge in [-0.3, -0.25) is 4.79 Å². The monoisotopic (exact) mass is 288 g/mol. The highest BCUT2D eigenvalue weighted by molar-refractivity contribution is 7.80. The number of unbranched alkanes of at least 4 members (excludes halogenated alkanes) is 7. The molecule has 0 heterocycles. The maximum Gasteiger partial charge on any atom is 0.306 e. The third-order valence-corrected chi connectivity index (χ3v) is 4.36. The summed E-state index contributed by atoms with van der Waals surface area (Å²) in [4.78, 5) is 11.2. The summed E-state index contributed by atoms with van der Waals surface area (Å²) in [7, 11) is 0. The minimum Gasteiger partial charge on any atom is -0.481 e. The minimum atomic E-state index is -0.643. The second-order valence-electron chi connectivity index (χ2n) is 5.60. The van der Waals surface area contributed by atoms with Gasteiger partial charge in [0.15, 0.2) is 0 Å². The van der Waals surface area contributed by atoms with E-state index in [1.165, 1.54) is 44.9 Å². The highest BCUT2D eigenvalue weighted by Crippen LogP contribution is 2.21. The smallest absolute Gasteiger partial charge is 0.306 e. The van der Waals surface area contributed by atoms with E-state index in [4.69, 9.17) is 0 Å². The molecule has 0 bridgehead atoms. The lowest BCUT2D eigenvalue weighted by Gasteiger charge is -2.15. The van der Waals surface area contributed by atoms with Crippen LogP contribution in [0.15, 0.2) is 0 Å². The van der Waals surface area contributed by atoms with E-state index < -0.39 is 5.97 Å². The van der Waals surface area contributed by atoms with Crippen LogP contribution in [0.25, 0.3) is 0 Å². The molecule has 19 heavy (non-hydrogen) atoms. The lowest BCUT2D eigenvalue weighted by Crippen LogP contribution is -2.18. The summed E-state index contributed by atoms with van der Waals surface area (Å²) in [6, 6.07) is 0. The molecule has 0 amide bonds. The van der Waals surface area contributed by atoms with E-state index in [0.29, 0.717) is 6.42 Å². The third-order valence-electron chi connectivity index (χ3n) is 3.78. The number of carboxylic acids is 1. The number of aliphatic carboxylic acids is 1. The molecule has 0 fully saturated rings. The first-order valence-electron chi connectivity index (χ1n) is 8.02. The predicted molar refractivity (Wildman–Crippen MR) is 86.0 cm³/mol. The highest BCUT2D eigenvalue weighted by atomic mass is 32.1.